The molecule has 0 unspecified atom stereocenters. The van der Waals surface area contributed by atoms with Crippen molar-refractivity contribution >= 4 is 17.3 Å². The van der Waals surface area contributed by atoms with Crippen molar-refractivity contribution in [1.29, 1.82) is 0 Å². The van der Waals surface area contributed by atoms with E-state index in [1.165, 1.54) is 12.1 Å². The number of non-ortho nitro benzene ring substituents is 1. The molecular formula is C11H15N3O4. The van der Waals surface area contributed by atoms with E-state index in [1.807, 2.05) is 6.92 Å². The van der Waals surface area contributed by atoms with E-state index in [0.717, 1.165) is 6.42 Å². The molecule has 1 rings (SSSR count). The van der Waals surface area contributed by atoms with Crippen LogP contribution in [-0.4, -0.2) is 24.0 Å². The van der Waals surface area contributed by atoms with E-state index < -0.39 is 10.8 Å². The van der Waals surface area contributed by atoms with Gasteiger partial charge in [-0.05, 0) is 6.42 Å². The Balaban J connectivity index is 2.90. The fourth-order valence-electron chi connectivity index (χ4n) is 1.28. The van der Waals surface area contributed by atoms with Crippen LogP contribution >= 0.6 is 0 Å². The Morgan fingerprint density at radius 2 is 2.22 bits per heavy atom. The summed E-state index contributed by atoms with van der Waals surface area (Å²) in [6.07, 6.45) is 0.798. The fourth-order valence-corrected chi connectivity index (χ4v) is 1.28. The van der Waals surface area contributed by atoms with Crippen molar-refractivity contribution in [2.75, 3.05) is 18.5 Å². The first-order valence-electron chi connectivity index (χ1n) is 5.47. The summed E-state index contributed by atoms with van der Waals surface area (Å²) in [6, 6.07) is 4.25. The van der Waals surface area contributed by atoms with Crippen molar-refractivity contribution in [3.8, 4) is 5.75 Å². The zero-order valence-electron chi connectivity index (χ0n) is 10.0. The van der Waals surface area contributed by atoms with Gasteiger partial charge in [0.2, 0.25) is 5.91 Å². The van der Waals surface area contributed by atoms with E-state index in [2.05, 4.69) is 5.32 Å². The number of carbonyl (C=O) groups excluding carboxylic acids is 1. The Labute approximate surface area is 104 Å². The highest BCUT2D eigenvalue weighted by molar-refractivity contribution is 5.79. The quantitative estimate of drug-likeness (QED) is 0.562. The number of hydrogen-bond donors (Lipinski definition) is 2. The van der Waals surface area contributed by atoms with Gasteiger partial charge < -0.3 is 15.8 Å². The molecule has 0 aliphatic heterocycles. The average Bonchev–Trinajstić information content (AvgIpc) is 2.33. The van der Waals surface area contributed by atoms with Gasteiger partial charge in [-0.25, -0.2) is 0 Å². The molecule has 0 saturated heterocycles. The number of primary amides is 1. The van der Waals surface area contributed by atoms with Crippen molar-refractivity contribution in [3.63, 3.8) is 0 Å². The first kappa shape index (κ1) is 13.8. The second-order valence-electron chi connectivity index (χ2n) is 3.64. The van der Waals surface area contributed by atoms with Crippen molar-refractivity contribution in [3.05, 3.63) is 28.3 Å². The molecule has 1 aromatic carbocycles. The molecule has 0 radical (unpaired) electrons. The first-order chi connectivity index (χ1) is 8.52. The normalized spacial score (nSPS) is 9.83. The van der Waals surface area contributed by atoms with Crippen LogP contribution in [-0.2, 0) is 4.79 Å². The van der Waals surface area contributed by atoms with Crippen molar-refractivity contribution < 1.29 is 14.5 Å². The minimum Gasteiger partial charge on any atom is -0.493 e. The van der Waals surface area contributed by atoms with Gasteiger partial charge in [-0.1, -0.05) is 6.92 Å². The van der Waals surface area contributed by atoms with Gasteiger partial charge in [0.05, 0.1) is 24.1 Å². The lowest BCUT2D eigenvalue weighted by Crippen LogP contribution is -2.21. The van der Waals surface area contributed by atoms with Crippen LogP contribution in [0.2, 0.25) is 0 Å². The highest BCUT2D eigenvalue weighted by Gasteiger charge is 2.10. The summed E-state index contributed by atoms with van der Waals surface area (Å²) >= 11 is 0. The molecule has 1 aromatic rings. The summed E-state index contributed by atoms with van der Waals surface area (Å²) in [7, 11) is 0. The lowest BCUT2D eigenvalue weighted by Gasteiger charge is -2.08. The van der Waals surface area contributed by atoms with Crippen LogP contribution in [0.1, 0.15) is 13.3 Å². The maximum Gasteiger partial charge on any atom is 0.275 e. The maximum absolute atomic E-state index is 10.7. The molecule has 0 heterocycles. The predicted molar refractivity (Wildman–Crippen MR) is 66.6 cm³/mol. The van der Waals surface area contributed by atoms with E-state index in [9.17, 15) is 14.9 Å². The van der Waals surface area contributed by atoms with Gasteiger partial charge in [-0.15, -0.1) is 0 Å². The standard InChI is InChI=1S/C11H15N3O4/c1-2-3-18-10-5-8(13-7-11(12)15)4-9(6-10)14(16)17/h4-6,13H,2-3,7H2,1H3,(H2,12,15). The number of amides is 1. The fraction of sp³-hybridized carbons (Fsp3) is 0.364. The Morgan fingerprint density at radius 1 is 1.50 bits per heavy atom. The molecule has 18 heavy (non-hydrogen) atoms. The van der Waals surface area contributed by atoms with E-state index in [4.69, 9.17) is 10.5 Å². The van der Waals surface area contributed by atoms with Crippen molar-refractivity contribution in [1.82, 2.24) is 0 Å². The molecule has 98 valence electrons. The number of nitrogens with two attached hydrogens (primary N) is 1. The van der Waals surface area contributed by atoms with Crippen LogP contribution in [0.15, 0.2) is 18.2 Å². The third kappa shape index (κ3) is 4.28. The Morgan fingerprint density at radius 3 is 2.78 bits per heavy atom. The molecule has 0 atom stereocenters. The summed E-state index contributed by atoms with van der Waals surface area (Å²) < 4.78 is 5.33. The second-order valence-corrected chi connectivity index (χ2v) is 3.64. The second kappa shape index (κ2) is 6.43. The summed E-state index contributed by atoms with van der Waals surface area (Å²) in [5.74, 6) is -0.157. The van der Waals surface area contributed by atoms with Crippen LogP contribution < -0.4 is 15.8 Å². The Hall–Kier alpha value is -2.31. The van der Waals surface area contributed by atoms with Crippen LogP contribution in [0.25, 0.3) is 0 Å². The Kier molecular flexibility index (Phi) is 4.91. The number of nitro benzene ring substituents is 1. The van der Waals surface area contributed by atoms with Crippen LogP contribution in [0.3, 0.4) is 0 Å². The lowest BCUT2D eigenvalue weighted by atomic mass is 10.2. The number of nitrogens with zero attached hydrogens (tertiary/aromatic N) is 1. The summed E-state index contributed by atoms with van der Waals surface area (Å²) in [5.41, 5.74) is 5.31. The zero-order chi connectivity index (χ0) is 13.5. The third-order valence-corrected chi connectivity index (χ3v) is 2.04. The van der Waals surface area contributed by atoms with Gasteiger partial charge in [-0.3, -0.25) is 14.9 Å². The number of ether oxygens (including phenoxy) is 1. The van der Waals surface area contributed by atoms with E-state index in [0.29, 0.717) is 18.0 Å². The van der Waals surface area contributed by atoms with Crippen molar-refractivity contribution in [2.45, 2.75) is 13.3 Å². The molecule has 7 nitrogen and oxygen atoms in total. The smallest absolute Gasteiger partial charge is 0.275 e. The third-order valence-electron chi connectivity index (χ3n) is 2.04. The minimum absolute atomic E-state index is 0.0889. The van der Waals surface area contributed by atoms with E-state index >= 15 is 0 Å². The van der Waals surface area contributed by atoms with Crippen LogP contribution in [0.5, 0.6) is 5.75 Å². The highest BCUT2D eigenvalue weighted by atomic mass is 16.6. The number of carbonyl (C=O) groups is 1. The minimum atomic E-state index is -0.544. The molecule has 0 spiro atoms. The molecular weight excluding hydrogens is 238 g/mol. The summed E-state index contributed by atoms with van der Waals surface area (Å²) in [6.45, 7) is 2.31. The molecule has 0 aromatic heterocycles. The Bertz CT molecular complexity index is 448. The molecule has 1 amide bonds. The van der Waals surface area contributed by atoms with Gasteiger partial charge in [0, 0.05) is 17.8 Å². The first-order valence-corrected chi connectivity index (χ1v) is 5.47. The number of benzene rings is 1. The van der Waals surface area contributed by atoms with Gasteiger partial charge in [-0.2, -0.15) is 0 Å². The largest absolute Gasteiger partial charge is 0.493 e. The number of hydrogen-bond acceptors (Lipinski definition) is 5. The SMILES string of the molecule is CCCOc1cc(NCC(N)=O)cc([N+](=O)[O-])c1. The van der Waals surface area contributed by atoms with Crippen LogP contribution in [0.4, 0.5) is 11.4 Å². The maximum atomic E-state index is 10.7. The van der Waals surface area contributed by atoms with Gasteiger partial charge in [0.25, 0.3) is 5.69 Å². The molecule has 0 aliphatic rings. The highest BCUT2D eigenvalue weighted by Crippen LogP contribution is 2.26. The number of nitro groups is 1. The monoisotopic (exact) mass is 253 g/mol. The van der Waals surface area contributed by atoms with E-state index in [1.54, 1.807) is 6.07 Å². The molecule has 3 N–H and O–H groups in total. The van der Waals surface area contributed by atoms with Crippen LogP contribution in [0, 0.1) is 10.1 Å². The van der Waals surface area contributed by atoms with Gasteiger partial charge in [0.1, 0.15) is 5.75 Å². The summed E-state index contributed by atoms with van der Waals surface area (Å²) in [4.78, 5) is 20.9. The lowest BCUT2D eigenvalue weighted by molar-refractivity contribution is -0.384. The predicted octanol–water partition coefficient (Wildman–Crippen LogP) is 1.28. The zero-order valence-corrected chi connectivity index (χ0v) is 10.0. The van der Waals surface area contributed by atoms with E-state index in [-0.39, 0.29) is 12.2 Å². The molecule has 0 bridgehead atoms. The molecule has 0 fully saturated rings. The van der Waals surface area contributed by atoms with Crippen molar-refractivity contribution in [2.24, 2.45) is 5.73 Å². The average molecular weight is 253 g/mol. The van der Waals surface area contributed by atoms with Gasteiger partial charge in [0.15, 0.2) is 0 Å². The summed E-state index contributed by atoms with van der Waals surface area (Å²) in [5, 5.41) is 13.4. The number of rotatable bonds is 7. The molecule has 7 heteroatoms. The topological polar surface area (TPSA) is 107 Å². The molecule has 0 aliphatic carbocycles. The number of anilines is 1. The van der Waals surface area contributed by atoms with Gasteiger partial charge >= 0.3 is 0 Å². The number of nitrogens with one attached hydrogen (secondary N) is 1. The molecule has 0 saturated carbocycles.